The van der Waals surface area contributed by atoms with Crippen LogP contribution in [-0.4, -0.2) is 39.8 Å². The van der Waals surface area contributed by atoms with Crippen molar-refractivity contribution in [2.24, 2.45) is 0 Å². The summed E-state index contributed by atoms with van der Waals surface area (Å²) in [5.41, 5.74) is 0.838. The number of esters is 1. The van der Waals surface area contributed by atoms with Crippen molar-refractivity contribution in [2.75, 3.05) is 13.2 Å². The molecule has 106 valence electrons. The molecule has 0 fully saturated rings. The van der Waals surface area contributed by atoms with E-state index in [1.807, 2.05) is 17.6 Å². The van der Waals surface area contributed by atoms with Crippen LogP contribution in [0.3, 0.4) is 0 Å². The summed E-state index contributed by atoms with van der Waals surface area (Å²) < 4.78 is 6.26. The summed E-state index contributed by atoms with van der Waals surface area (Å²) >= 11 is 1.47. The molecule has 2 aromatic heterocycles. The minimum Gasteiger partial charge on any atom is -0.459 e. The minimum atomic E-state index is -0.858. The maximum absolute atomic E-state index is 11.3. The van der Waals surface area contributed by atoms with Crippen LogP contribution in [-0.2, 0) is 20.7 Å². The number of aromatic nitrogens is 3. The van der Waals surface area contributed by atoms with Crippen LogP contribution in [0.5, 0.6) is 0 Å². The lowest BCUT2D eigenvalue weighted by molar-refractivity contribution is -0.154. The molecule has 0 aliphatic heterocycles. The third kappa shape index (κ3) is 3.64. The Hall–Kier alpha value is -2.22. The molecule has 0 spiro atoms. The van der Waals surface area contributed by atoms with Crippen LogP contribution in [0.25, 0.3) is 5.13 Å². The second-order valence-electron chi connectivity index (χ2n) is 3.80. The third-order valence-electron chi connectivity index (χ3n) is 2.37. The first-order chi connectivity index (χ1) is 9.70. The molecule has 0 radical (unpaired) electrons. The molecule has 2 heterocycles. The van der Waals surface area contributed by atoms with Gasteiger partial charge in [-0.3, -0.25) is 4.79 Å². The van der Waals surface area contributed by atoms with Crippen molar-refractivity contribution in [3.8, 4) is 5.13 Å². The zero-order valence-electron chi connectivity index (χ0n) is 10.9. The molecule has 0 aliphatic carbocycles. The number of thiazole rings is 1. The molecule has 20 heavy (non-hydrogen) atoms. The van der Waals surface area contributed by atoms with Crippen LogP contribution >= 0.6 is 11.3 Å². The minimum absolute atomic E-state index is 0.186. The van der Waals surface area contributed by atoms with Gasteiger partial charge in [-0.2, -0.15) is 5.10 Å². The molecule has 0 aliphatic rings. The number of ether oxygens (including phenoxy) is 1. The Morgan fingerprint density at radius 3 is 3.05 bits per heavy atom. The van der Waals surface area contributed by atoms with Gasteiger partial charge < -0.3 is 10.1 Å². The summed E-state index contributed by atoms with van der Waals surface area (Å²) in [6.45, 7) is 2.17. The van der Waals surface area contributed by atoms with E-state index in [1.165, 1.54) is 11.3 Å². The summed E-state index contributed by atoms with van der Waals surface area (Å²) in [7, 11) is 0. The average Bonchev–Trinajstić information content (AvgIpc) is 3.09. The van der Waals surface area contributed by atoms with Gasteiger partial charge in [-0.15, -0.1) is 11.3 Å². The Kier molecular flexibility index (Phi) is 4.83. The maximum Gasteiger partial charge on any atom is 0.396 e. The molecule has 0 atom stereocenters. The molecule has 0 saturated carbocycles. The Labute approximate surface area is 119 Å². The maximum atomic E-state index is 11.3. The van der Waals surface area contributed by atoms with Crippen molar-refractivity contribution in [3.63, 3.8) is 0 Å². The van der Waals surface area contributed by atoms with E-state index in [2.05, 4.69) is 20.1 Å². The molecule has 2 aromatic rings. The van der Waals surface area contributed by atoms with Gasteiger partial charge in [0.15, 0.2) is 0 Å². The number of carbonyl (C=O) groups excluding carboxylic acids is 2. The van der Waals surface area contributed by atoms with Gasteiger partial charge in [-0.1, -0.05) is 0 Å². The Morgan fingerprint density at radius 1 is 1.50 bits per heavy atom. The van der Waals surface area contributed by atoms with Crippen molar-refractivity contribution in [2.45, 2.75) is 13.3 Å². The molecular weight excluding hydrogens is 280 g/mol. The average molecular weight is 294 g/mol. The molecule has 0 saturated heterocycles. The van der Waals surface area contributed by atoms with Gasteiger partial charge >= 0.3 is 11.9 Å². The zero-order chi connectivity index (χ0) is 14.4. The standard InChI is InChI=1S/C12H14N4O3S/c1-2-19-11(18)10(17)13-6-4-9-8-20-12(15-9)16-7-3-5-14-16/h3,5,7-8H,2,4,6H2,1H3,(H,13,17). The van der Waals surface area contributed by atoms with E-state index in [4.69, 9.17) is 0 Å². The SMILES string of the molecule is CCOC(=O)C(=O)NCCc1csc(-n2cccn2)n1. The third-order valence-corrected chi connectivity index (χ3v) is 3.25. The first-order valence-electron chi connectivity index (χ1n) is 6.10. The van der Waals surface area contributed by atoms with Crippen LogP contribution in [0.15, 0.2) is 23.8 Å². The highest BCUT2D eigenvalue weighted by atomic mass is 32.1. The Morgan fingerprint density at radius 2 is 2.35 bits per heavy atom. The van der Waals surface area contributed by atoms with Crippen molar-refractivity contribution in [1.29, 1.82) is 0 Å². The van der Waals surface area contributed by atoms with E-state index >= 15 is 0 Å². The normalized spacial score (nSPS) is 10.2. The molecule has 0 aromatic carbocycles. The van der Waals surface area contributed by atoms with Crippen molar-refractivity contribution in [3.05, 3.63) is 29.5 Å². The molecule has 1 N–H and O–H groups in total. The number of rotatable bonds is 5. The highest BCUT2D eigenvalue weighted by Gasteiger charge is 2.13. The van der Waals surface area contributed by atoms with Crippen molar-refractivity contribution < 1.29 is 14.3 Å². The van der Waals surface area contributed by atoms with Crippen LogP contribution in [0.2, 0.25) is 0 Å². The van der Waals surface area contributed by atoms with Crippen LogP contribution in [0.4, 0.5) is 0 Å². The number of nitrogens with zero attached hydrogens (tertiary/aromatic N) is 3. The molecule has 0 unspecified atom stereocenters. The molecule has 1 amide bonds. The first kappa shape index (κ1) is 14.2. The summed E-state index contributed by atoms with van der Waals surface area (Å²) in [4.78, 5) is 26.8. The van der Waals surface area contributed by atoms with Gasteiger partial charge in [-0.05, 0) is 13.0 Å². The quantitative estimate of drug-likeness (QED) is 0.643. The lowest BCUT2D eigenvalue weighted by atomic mass is 10.3. The fourth-order valence-corrected chi connectivity index (χ4v) is 2.27. The van der Waals surface area contributed by atoms with Gasteiger partial charge in [0.1, 0.15) is 0 Å². The van der Waals surface area contributed by atoms with Gasteiger partial charge in [-0.25, -0.2) is 14.5 Å². The lowest BCUT2D eigenvalue weighted by Gasteiger charge is -2.02. The van der Waals surface area contributed by atoms with Crippen LogP contribution in [0.1, 0.15) is 12.6 Å². The highest BCUT2D eigenvalue weighted by Crippen LogP contribution is 2.13. The molecule has 8 heteroatoms. The van der Waals surface area contributed by atoms with E-state index in [1.54, 1.807) is 17.8 Å². The summed E-state index contributed by atoms with van der Waals surface area (Å²) in [6.07, 6.45) is 4.04. The Balaban J connectivity index is 1.80. The monoisotopic (exact) mass is 294 g/mol. The van der Waals surface area contributed by atoms with Crippen molar-refractivity contribution >= 4 is 23.2 Å². The molecular formula is C12H14N4O3S. The second-order valence-corrected chi connectivity index (χ2v) is 4.63. The molecule has 7 nitrogen and oxygen atoms in total. The summed E-state index contributed by atoms with van der Waals surface area (Å²) in [5, 5.41) is 9.24. The summed E-state index contributed by atoms with van der Waals surface area (Å²) in [6, 6.07) is 1.82. The van der Waals surface area contributed by atoms with Gasteiger partial charge in [0, 0.05) is 30.7 Å². The fraction of sp³-hybridized carbons (Fsp3) is 0.333. The second kappa shape index (κ2) is 6.80. The molecule has 0 bridgehead atoms. The van der Waals surface area contributed by atoms with Gasteiger partial charge in [0.05, 0.1) is 12.3 Å². The predicted octanol–water partition coefficient (Wildman–Crippen LogP) is 0.551. The van der Waals surface area contributed by atoms with Crippen molar-refractivity contribution in [1.82, 2.24) is 20.1 Å². The zero-order valence-corrected chi connectivity index (χ0v) is 11.7. The number of nitrogens with one attached hydrogen (secondary N) is 1. The smallest absolute Gasteiger partial charge is 0.396 e. The number of hydrogen-bond donors (Lipinski definition) is 1. The fourth-order valence-electron chi connectivity index (χ4n) is 1.47. The van der Waals surface area contributed by atoms with Crippen LogP contribution in [0, 0.1) is 0 Å². The predicted molar refractivity (Wildman–Crippen MR) is 72.6 cm³/mol. The van der Waals surface area contributed by atoms with Gasteiger partial charge in [0.2, 0.25) is 5.13 Å². The number of hydrogen-bond acceptors (Lipinski definition) is 6. The first-order valence-corrected chi connectivity index (χ1v) is 6.98. The van der Waals surface area contributed by atoms with E-state index in [9.17, 15) is 9.59 Å². The van der Waals surface area contributed by atoms with E-state index in [0.29, 0.717) is 13.0 Å². The largest absolute Gasteiger partial charge is 0.459 e. The molecule has 2 rings (SSSR count). The number of carbonyl (C=O) groups is 2. The van der Waals surface area contributed by atoms with Gasteiger partial charge in [0.25, 0.3) is 0 Å². The highest BCUT2D eigenvalue weighted by molar-refractivity contribution is 7.12. The topological polar surface area (TPSA) is 86.1 Å². The van der Waals surface area contributed by atoms with Crippen LogP contribution < -0.4 is 5.32 Å². The number of amides is 1. The summed E-state index contributed by atoms with van der Waals surface area (Å²) in [5.74, 6) is -1.59. The van der Waals surface area contributed by atoms with E-state index in [-0.39, 0.29) is 6.61 Å². The Bertz CT molecular complexity index is 579. The lowest BCUT2D eigenvalue weighted by Crippen LogP contribution is -2.33. The van der Waals surface area contributed by atoms with E-state index in [0.717, 1.165) is 10.8 Å². The van der Waals surface area contributed by atoms with E-state index < -0.39 is 11.9 Å².